The highest BCUT2D eigenvalue weighted by molar-refractivity contribution is 6.62. The van der Waals surface area contributed by atoms with Gasteiger partial charge in [0.15, 0.2) is 0 Å². The van der Waals surface area contributed by atoms with Crippen molar-refractivity contribution < 1.29 is 9.31 Å². The summed E-state index contributed by atoms with van der Waals surface area (Å²) in [4.78, 5) is 8.41. The van der Waals surface area contributed by atoms with Crippen LogP contribution < -0.4 is 10.8 Å². The number of aromatic nitrogens is 2. The highest BCUT2D eigenvalue weighted by Crippen LogP contribution is 2.37. The van der Waals surface area contributed by atoms with Crippen LogP contribution >= 0.6 is 0 Å². The van der Waals surface area contributed by atoms with Crippen molar-refractivity contribution in [2.45, 2.75) is 57.8 Å². The first-order valence-corrected chi connectivity index (χ1v) is 9.85. The third-order valence-electron chi connectivity index (χ3n) is 6.43. The number of fused-ring (bicyclic) bond motifs is 3. The smallest absolute Gasteiger partial charge is 0.399 e. The predicted molar refractivity (Wildman–Crippen MR) is 109 cm³/mol. The number of nitrogens with zero attached hydrogens (tertiary/aromatic N) is 1. The van der Waals surface area contributed by atoms with Crippen LogP contribution in [0.2, 0.25) is 0 Å². The molecule has 140 valence electrons. The topological polar surface area (TPSA) is 59.2 Å². The van der Waals surface area contributed by atoms with Crippen LogP contribution in [-0.2, 0) is 9.31 Å². The van der Waals surface area contributed by atoms with E-state index in [-0.39, 0.29) is 18.3 Å². The van der Waals surface area contributed by atoms with Crippen molar-refractivity contribution in [1.29, 1.82) is 0 Å². The second-order valence-electron chi connectivity index (χ2n) is 8.80. The third-order valence-corrected chi connectivity index (χ3v) is 6.43. The Labute approximate surface area is 160 Å². The second-order valence-corrected chi connectivity index (χ2v) is 8.80. The van der Waals surface area contributed by atoms with Gasteiger partial charge in [0.05, 0.1) is 28.3 Å². The van der Waals surface area contributed by atoms with E-state index in [1.165, 1.54) is 6.42 Å². The van der Waals surface area contributed by atoms with Crippen LogP contribution in [0.5, 0.6) is 0 Å². The fourth-order valence-electron chi connectivity index (χ4n) is 4.05. The Morgan fingerprint density at radius 1 is 1.07 bits per heavy atom. The summed E-state index contributed by atoms with van der Waals surface area (Å²) in [6.45, 7) is 9.40. The van der Waals surface area contributed by atoms with Gasteiger partial charge in [-0.1, -0.05) is 24.3 Å². The summed E-state index contributed by atoms with van der Waals surface area (Å²) >= 11 is 0. The van der Waals surface area contributed by atoms with Gasteiger partial charge in [-0.05, 0) is 64.0 Å². The molecule has 2 N–H and O–H groups in total. The number of benzene rings is 2. The van der Waals surface area contributed by atoms with E-state index >= 15 is 0 Å². The summed E-state index contributed by atoms with van der Waals surface area (Å²) in [7, 11) is -0.340. The molecule has 2 aromatic carbocycles. The number of rotatable bonds is 2. The first-order valence-electron chi connectivity index (χ1n) is 9.85. The summed E-state index contributed by atoms with van der Waals surface area (Å²) in [5.74, 6) is 1.05. The lowest BCUT2D eigenvalue weighted by Crippen LogP contribution is -2.41. The zero-order chi connectivity index (χ0) is 18.8. The quantitative estimate of drug-likeness (QED) is 0.685. The first kappa shape index (κ1) is 17.2. The molecule has 0 amide bonds. The van der Waals surface area contributed by atoms with Gasteiger partial charge in [0.1, 0.15) is 5.82 Å². The molecule has 0 saturated carbocycles. The van der Waals surface area contributed by atoms with E-state index in [9.17, 15) is 0 Å². The monoisotopic (exact) mass is 363 g/mol. The van der Waals surface area contributed by atoms with Crippen molar-refractivity contribution in [3.8, 4) is 0 Å². The molecular formula is C21H26BN3O2. The van der Waals surface area contributed by atoms with Gasteiger partial charge in [-0.2, -0.15) is 0 Å². The van der Waals surface area contributed by atoms with E-state index in [1.54, 1.807) is 0 Å². The zero-order valence-corrected chi connectivity index (χ0v) is 16.4. The molecule has 1 unspecified atom stereocenters. The summed E-state index contributed by atoms with van der Waals surface area (Å²) in [6.07, 6.45) is 2.35. The molecule has 0 spiro atoms. The van der Waals surface area contributed by atoms with Crippen LogP contribution in [0.25, 0.3) is 21.8 Å². The van der Waals surface area contributed by atoms with E-state index in [0.29, 0.717) is 6.04 Å². The van der Waals surface area contributed by atoms with E-state index in [1.807, 2.05) is 0 Å². The average Bonchev–Trinajstić information content (AvgIpc) is 3.32. The predicted octanol–water partition coefficient (Wildman–Crippen LogP) is 3.44. The van der Waals surface area contributed by atoms with Gasteiger partial charge in [-0.3, -0.25) is 0 Å². The molecule has 2 saturated heterocycles. The molecule has 6 heteroatoms. The lowest BCUT2D eigenvalue weighted by atomic mass is 9.78. The number of nitrogens with one attached hydrogen (secondary N) is 2. The Kier molecular flexibility index (Phi) is 3.70. The Balaban J connectivity index is 1.54. The molecule has 5 rings (SSSR count). The van der Waals surface area contributed by atoms with Gasteiger partial charge in [0.25, 0.3) is 0 Å². The lowest BCUT2D eigenvalue weighted by Gasteiger charge is -2.32. The molecule has 3 heterocycles. The molecule has 27 heavy (non-hydrogen) atoms. The minimum atomic E-state index is -0.340. The van der Waals surface area contributed by atoms with Crippen LogP contribution in [0.3, 0.4) is 0 Å². The SMILES string of the molecule is CC1(C)OB(c2ccc3c(ccc4[nH]c(C5CCCN5)nc43)c2)OC1(C)C. The number of hydrogen-bond donors (Lipinski definition) is 2. The van der Waals surface area contributed by atoms with Crippen molar-refractivity contribution in [2.75, 3.05) is 6.54 Å². The second kappa shape index (κ2) is 5.80. The Morgan fingerprint density at radius 2 is 1.85 bits per heavy atom. The molecule has 2 fully saturated rings. The Hall–Kier alpha value is -1.89. The van der Waals surface area contributed by atoms with Gasteiger partial charge in [0.2, 0.25) is 0 Å². The molecule has 2 aliphatic rings. The number of imidazole rings is 1. The first-order chi connectivity index (χ1) is 12.8. The number of aromatic amines is 1. The normalized spacial score (nSPS) is 24.3. The van der Waals surface area contributed by atoms with Crippen molar-refractivity contribution in [2.24, 2.45) is 0 Å². The van der Waals surface area contributed by atoms with Crippen molar-refractivity contribution in [1.82, 2.24) is 15.3 Å². The summed E-state index contributed by atoms with van der Waals surface area (Å²) in [5, 5.41) is 5.84. The molecule has 1 aromatic heterocycles. The minimum Gasteiger partial charge on any atom is -0.399 e. The maximum absolute atomic E-state index is 6.21. The molecular weight excluding hydrogens is 337 g/mol. The Bertz CT molecular complexity index is 1000. The zero-order valence-electron chi connectivity index (χ0n) is 16.4. The van der Waals surface area contributed by atoms with Gasteiger partial charge in [0, 0.05) is 5.39 Å². The molecule has 0 bridgehead atoms. The largest absolute Gasteiger partial charge is 0.494 e. The van der Waals surface area contributed by atoms with E-state index in [4.69, 9.17) is 14.3 Å². The van der Waals surface area contributed by atoms with Crippen molar-refractivity contribution in [3.05, 3.63) is 36.2 Å². The summed E-state index contributed by atoms with van der Waals surface area (Å²) in [5.41, 5.74) is 2.52. The van der Waals surface area contributed by atoms with Gasteiger partial charge < -0.3 is 19.6 Å². The number of hydrogen-bond acceptors (Lipinski definition) is 4. The fraction of sp³-hybridized carbons (Fsp3) is 0.476. The van der Waals surface area contributed by atoms with Crippen molar-refractivity contribution >= 4 is 34.4 Å². The van der Waals surface area contributed by atoms with Gasteiger partial charge in [-0.25, -0.2) is 4.98 Å². The van der Waals surface area contributed by atoms with Crippen LogP contribution in [0.4, 0.5) is 0 Å². The van der Waals surface area contributed by atoms with Crippen LogP contribution in [0.15, 0.2) is 30.3 Å². The number of H-pyrrole nitrogens is 1. The molecule has 2 aliphatic heterocycles. The third kappa shape index (κ3) is 2.70. The van der Waals surface area contributed by atoms with Crippen LogP contribution in [-0.4, -0.2) is 34.8 Å². The highest BCUT2D eigenvalue weighted by atomic mass is 16.7. The molecule has 3 aromatic rings. The summed E-state index contributed by atoms with van der Waals surface area (Å²) in [6, 6.07) is 11.0. The van der Waals surface area contributed by atoms with E-state index in [0.717, 1.165) is 46.1 Å². The highest BCUT2D eigenvalue weighted by Gasteiger charge is 2.51. The standard InChI is InChI=1S/C21H26BN3O2/c1-20(2)21(3,4)27-22(26-20)14-8-9-15-13(12-14)7-10-16-18(15)25-19(24-16)17-6-5-11-23-17/h7-10,12,17,23H,5-6,11H2,1-4H3,(H,24,25). The van der Waals surface area contributed by atoms with Gasteiger partial charge >= 0.3 is 7.12 Å². The minimum absolute atomic E-state index is 0.331. The molecule has 0 aliphatic carbocycles. The fourth-order valence-corrected chi connectivity index (χ4v) is 4.05. The van der Waals surface area contributed by atoms with Crippen molar-refractivity contribution in [3.63, 3.8) is 0 Å². The maximum Gasteiger partial charge on any atom is 0.494 e. The van der Waals surface area contributed by atoms with Gasteiger partial charge in [-0.15, -0.1) is 0 Å². The van der Waals surface area contributed by atoms with E-state index < -0.39 is 0 Å². The Morgan fingerprint density at radius 3 is 2.56 bits per heavy atom. The van der Waals surface area contributed by atoms with Crippen LogP contribution in [0.1, 0.15) is 52.4 Å². The maximum atomic E-state index is 6.21. The molecule has 0 radical (unpaired) electrons. The average molecular weight is 363 g/mol. The van der Waals surface area contributed by atoms with Crippen LogP contribution in [0, 0.1) is 0 Å². The molecule has 5 nitrogen and oxygen atoms in total. The van der Waals surface area contributed by atoms with E-state index in [2.05, 4.69) is 68.3 Å². The molecule has 1 atom stereocenters. The summed E-state index contributed by atoms with van der Waals surface area (Å²) < 4.78 is 12.4. The lowest BCUT2D eigenvalue weighted by molar-refractivity contribution is 0.00578.